The lowest BCUT2D eigenvalue weighted by Crippen LogP contribution is -2.13. The molecule has 2 aromatic carbocycles. The molecule has 0 aliphatic carbocycles. The van der Waals surface area contributed by atoms with E-state index in [9.17, 15) is 4.79 Å². The van der Waals surface area contributed by atoms with Gasteiger partial charge in [0.25, 0.3) is 0 Å². The molecule has 0 heterocycles. The molecule has 0 radical (unpaired) electrons. The maximum Gasteiger partial charge on any atom is 0.154 e. The Hall–Kier alpha value is -2.25. The van der Waals surface area contributed by atoms with Crippen molar-refractivity contribution in [1.82, 2.24) is 0 Å². The number of carbonyl (C=O) groups is 1. The number of ether oxygens (including phenoxy) is 3. The predicted molar refractivity (Wildman–Crippen MR) is 128 cm³/mol. The number of rotatable bonds is 9. The van der Waals surface area contributed by atoms with E-state index >= 15 is 0 Å². The van der Waals surface area contributed by atoms with Crippen LogP contribution in [0.5, 0.6) is 5.75 Å². The molecule has 2 rings (SSSR count). The number of benzene rings is 2. The molecule has 6 nitrogen and oxygen atoms in total. The zero-order valence-corrected chi connectivity index (χ0v) is 20.3. The van der Waals surface area contributed by atoms with Gasteiger partial charge in [0.2, 0.25) is 0 Å². The normalized spacial score (nSPS) is 10.5. The zero-order chi connectivity index (χ0) is 24.4. The minimum absolute atomic E-state index is 0.0285. The Bertz CT molecular complexity index is 731. The van der Waals surface area contributed by atoms with Crippen molar-refractivity contribution in [2.75, 3.05) is 26.4 Å². The first-order chi connectivity index (χ1) is 15.2. The highest BCUT2D eigenvalue weighted by Crippen LogP contribution is 2.31. The Morgan fingerprint density at radius 2 is 1.44 bits per heavy atom. The van der Waals surface area contributed by atoms with Gasteiger partial charge in [-0.15, -0.1) is 0 Å². The van der Waals surface area contributed by atoms with Crippen molar-refractivity contribution in [3.05, 3.63) is 65.2 Å². The zero-order valence-electron chi connectivity index (χ0n) is 20.3. The maximum absolute atomic E-state index is 11.0. The number of aldehydes is 1. The number of aliphatic hydroxyl groups excluding tert-OH is 2. The predicted octanol–water partition coefficient (Wildman–Crippen LogP) is 4.75. The smallest absolute Gasteiger partial charge is 0.154 e. The molecule has 0 saturated heterocycles. The Balaban J connectivity index is 0.000000666. The highest BCUT2D eigenvalue weighted by molar-refractivity contribution is 5.77. The minimum atomic E-state index is -0.125. The molecule has 0 atom stereocenters. The van der Waals surface area contributed by atoms with Crippen molar-refractivity contribution in [3.63, 3.8) is 0 Å². The van der Waals surface area contributed by atoms with Crippen molar-refractivity contribution in [2.24, 2.45) is 0 Å². The van der Waals surface area contributed by atoms with Crippen molar-refractivity contribution in [2.45, 2.75) is 59.9 Å². The number of carbonyl (C=O) groups excluding carboxylic acids is 1. The Labute approximate surface area is 193 Å². The summed E-state index contributed by atoms with van der Waals surface area (Å²) in [6.07, 6.45) is 0.832. The molecule has 0 bridgehead atoms. The average Bonchev–Trinajstić information content (AvgIpc) is 2.78. The van der Waals surface area contributed by atoms with Crippen LogP contribution in [0, 0.1) is 0 Å². The van der Waals surface area contributed by atoms with Crippen LogP contribution in [-0.4, -0.2) is 49.2 Å². The van der Waals surface area contributed by atoms with Crippen LogP contribution in [0.3, 0.4) is 0 Å². The van der Waals surface area contributed by atoms with Crippen LogP contribution in [0.25, 0.3) is 0 Å². The fourth-order valence-electron chi connectivity index (χ4n) is 2.67. The lowest BCUT2D eigenvalue weighted by Gasteiger charge is -2.22. The van der Waals surface area contributed by atoms with Gasteiger partial charge in [-0.05, 0) is 43.4 Å². The highest BCUT2D eigenvalue weighted by atomic mass is 16.7. The molecule has 0 unspecified atom stereocenters. The Kier molecular flexibility index (Phi) is 16.1. The SMILES string of the molecule is CC(C)(C)c1ccccc1OCc1ccccc1C=O.CCOC(C)OCC.OCCO. The number of hydrogen-bond donors (Lipinski definition) is 2. The number of hydrogen-bond acceptors (Lipinski definition) is 6. The molecule has 0 aliphatic heterocycles. The molecule has 0 aromatic heterocycles. The fraction of sp³-hybridized carbons (Fsp3) is 0.500. The van der Waals surface area contributed by atoms with Gasteiger partial charge in [0, 0.05) is 18.8 Å². The molecule has 32 heavy (non-hydrogen) atoms. The van der Waals surface area contributed by atoms with Gasteiger partial charge < -0.3 is 24.4 Å². The van der Waals surface area contributed by atoms with Crippen LogP contribution < -0.4 is 4.74 Å². The third-order valence-electron chi connectivity index (χ3n) is 4.16. The van der Waals surface area contributed by atoms with E-state index in [4.69, 9.17) is 24.4 Å². The van der Waals surface area contributed by atoms with Gasteiger partial charge in [-0.3, -0.25) is 4.79 Å². The van der Waals surface area contributed by atoms with Gasteiger partial charge in [-0.2, -0.15) is 0 Å². The second-order valence-electron chi connectivity index (χ2n) is 7.78. The molecule has 2 aromatic rings. The first kappa shape index (κ1) is 29.8. The van der Waals surface area contributed by atoms with E-state index in [-0.39, 0.29) is 24.9 Å². The lowest BCUT2D eigenvalue weighted by atomic mass is 9.86. The summed E-state index contributed by atoms with van der Waals surface area (Å²) in [5, 5.41) is 15.2. The van der Waals surface area contributed by atoms with E-state index in [0.29, 0.717) is 12.2 Å². The molecule has 0 spiro atoms. The highest BCUT2D eigenvalue weighted by Gasteiger charge is 2.18. The van der Waals surface area contributed by atoms with Gasteiger partial charge in [0.1, 0.15) is 18.6 Å². The average molecular weight is 449 g/mol. The topological polar surface area (TPSA) is 85.2 Å². The van der Waals surface area contributed by atoms with E-state index in [0.717, 1.165) is 30.8 Å². The first-order valence-electron chi connectivity index (χ1n) is 10.9. The summed E-state index contributed by atoms with van der Waals surface area (Å²) in [5.41, 5.74) is 2.79. The molecule has 0 aliphatic rings. The molecule has 0 amide bonds. The second kappa shape index (κ2) is 17.3. The summed E-state index contributed by atoms with van der Waals surface area (Å²) in [5.74, 6) is 0.876. The van der Waals surface area contributed by atoms with Crippen LogP contribution in [-0.2, 0) is 21.5 Å². The van der Waals surface area contributed by atoms with Crippen LogP contribution in [0.2, 0.25) is 0 Å². The second-order valence-corrected chi connectivity index (χ2v) is 7.78. The first-order valence-corrected chi connectivity index (χ1v) is 10.9. The van der Waals surface area contributed by atoms with Crippen molar-refractivity contribution >= 4 is 6.29 Å². The summed E-state index contributed by atoms with van der Waals surface area (Å²) >= 11 is 0. The molecule has 0 fully saturated rings. The Morgan fingerprint density at radius 3 is 1.94 bits per heavy atom. The van der Waals surface area contributed by atoms with Crippen molar-refractivity contribution < 1.29 is 29.2 Å². The van der Waals surface area contributed by atoms with Crippen LogP contribution in [0.4, 0.5) is 0 Å². The molecular formula is C26H40O6. The third kappa shape index (κ3) is 12.6. The van der Waals surface area contributed by atoms with E-state index in [1.807, 2.05) is 57.2 Å². The minimum Gasteiger partial charge on any atom is -0.489 e. The van der Waals surface area contributed by atoms with Crippen molar-refractivity contribution in [1.29, 1.82) is 0 Å². The van der Waals surface area contributed by atoms with E-state index in [1.54, 1.807) is 6.07 Å². The van der Waals surface area contributed by atoms with Crippen LogP contribution in [0.1, 0.15) is 63.0 Å². The number of para-hydroxylation sites is 1. The van der Waals surface area contributed by atoms with Gasteiger partial charge in [0.15, 0.2) is 6.29 Å². The monoisotopic (exact) mass is 448 g/mol. The summed E-state index contributed by atoms with van der Waals surface area (Å²) in [7, 11) is 0. The fourth-order valence-corrected chi connectivity index (χ4v) is 2.67. The van der Waals surface area contributed by atoms with Gasteiger partial charge in [-0.25, -0.2) is 0 Å². The molecule has 0 saturated carbocycles. The molecular weight excluding hydrogens is 408 g/mol. The van der Waals surface area contributed by atoms with Crippen LogP contribution in [0.15, 0.2) is 48.5 Å². The quantitative estimate of drug-likeness (QED) is 0.425. The van der Waals surface area contributed by atoms with E-state index in [1.165, 1.54) is 5.56 Å². The largest absolute Gasteiger partial charge is 0.489 e. The summed E-state index contributed by atoms with van der Waals surface area (Å²) in [6.45, 7) is 13.9. The van der Waals surface area contributed by atoms with Gasteiger partial charge in [0.05, 0.1) is 13.2 Å². The maximum atomic E-state index is 11.0. The van der Waals surface area contributed by atoms with Crippen molar-refractivity contribution in [3.8, 4) is 5.75 Å². The third-order valence-corrected chi connectivity index (χ3v) is 4.16. The van der Waals surface area contributed by atoms with Gasteiger partial charge in [-0.1, -0.05) is 63.2 Å². The summed E-state index contributed by atoms with van der Waals surface area (Å²) < 4.78 is 16.1. The lowest BCUT2D eigenvalue weighted by molar-refractivity contribution is -0.123. The molecule has 6 heteroatoms. The molecule has 180 valence electrons. The Morgan fingerprint density at radius 1 is 0.906 bits per heavy atom. The number of aliphatic hydroxyl groups is 2. The van der Waals surface area contributed by atoms with Crippen LogP contribution >= 0.6 is 0 Å². The van der Waals surface area contributed by atoms with Gasteiger partial charge >= 0.3 is 0 Å². The van der Waals surface area contributed by atoms with E-state index < -0.39 is 0 Å². The standard InChI is InChI=1S/C18H20O2.C6H14O2.C2H6O2/c1-18(2,3)16-10-6-7-11-17(16)20-13-15-9-5-4-8-14(15)12-19;1-4-7-6(3)8-5-2;3-1-2-4/h4-12H,13H2,1-3H3;6H,4-5H2,1-3H3;3-4H,1-2H2. The summed E-state index contributed by atoms with van der Waals surface area (Å²) in [6, 6.07) is 15.6. The summed E-state index contributed by atoms with van der Waals surface area (Å²) in [4.78, 5) is 11.0. The van der Waals surface area contributed by atoms with E-state index in [2.05, 4.69) is 26.8 Å². The molecule has 2 N–H and O–H groups in total.